The third-order valence-electron chi connectivity index (χ3n) is 7.39. The molecule has 200 valence electrons. The number of carbonyl (C=O) groups excluding carboxylic acids is 1. The quantitative estimate of drug-likeness (QED) is 0.465. The van der Waals surface area contributed by atoms with Gasteiger partial charge in [-0.15, -0.1) is 0 Å². The molecule has 3 aliphatic rings. The number of hydrogen-bond acceptors (Lipinski definition) is 7. The summed E-state index contributed by atoms with van der Waals surface area (Å²) in [6, 6.07) is 3.85. The van der Waals surface area contributed by atoms with Gasteiger partial charge in [0.05, 0.1) is 16.4 Å². The molecule has 1 amide bonds. The first-order chi connectivity index (χ1) is 18.3. The number of anilines is 3. The Bertz CT molecular complexity index is 1270. The fourth-order valence-electron chi connectivity index (χ4n) is 5.16. The van der Waals surface area contributed by atoms with Crippen LogP contribution in [0.3, 0.4) is 0 Å². The zero-order valence-corrected chi connectivity index (χ0v) is 23.1. The van der Waals surface area contributed by atoms with Gasteiger partial charge >= 0.3 is 0 Å². The van der Waals surface area contributed by atoms with Gasteiger partial charge in [0.15, 0.2) is 0 Å². The second kappa shape index (κ2) is 11.2. The molecular weight excluding hydrogens is 500 g/mol. The van der Waals surface area contributed by atoms with E-state index in [1.54, 1.807) is 6.20 Å². The number of piperidine rings is 1. The van der Waals surface area contributed by atoms with Crippen molar-refractivity contribution in [1.29, 1.82) is 0 Å². The van der Waals surface area contributed by atoms with Gasteiger partial charge in [0.2, 0.25) is 11.9 Å². The number of aryl methyl sites for hydroxylation is 2. The number of ether oxygens (including phenoxy) is 1. The molecule has 0 spiro atoms. The molecule has 0 N–H and O–H groups in total. The lowest BCUT2D eigenvalue weighted by molar-refractivity contribution is -0.119. The molecule has 3 aliphatic heterocycles. The minimum absolute atomic E-state index is 0.0541. The molecule has 2 saturated heterocycles. The summed E-state index contributed by atoms with van der Waals surface area (Å²) >= 11 is 6.66. The Morgan fingerprint density at radius 3 is 2.50 bits per heavy atom. The largest absolute Gasteiger partial charge is 0.489 e. The lowest BCUT2D eigenvalue weighted by Gasteiger charge is -2.34. The summed E-state index contributed by atoms with van der Waals surface area (Å²) in [4.78, 5) is 32.2. The van der Waals surface area contributed by atoms with Crippen LogP contribution in [0.5, 0.6) is 0 Å². The number of carbonyl (C=O) groups is 1. The first-order valence-corrected chi connectivity index (χ1v) is 13.8. The Morgan fingerprint density at radius 1 is 1.13 bits per heavy atom. The van der Waals surface area contributed by atoms with Crippen LogP contribution >= 0.6 is 11.6 Å². The van der Waals surface area contributed by atoms with Gasteiger partial charge in [-0.1, -0.05) is 38.4 Å². The van der Waals surface area contributed by atoms with Crippen molar-refractivity contribution in [2.24, 2.45) is 5.92 Å². The van der Waals surface area contributed by atoms with Gasteiger partial charge in [0.25, 0.3) is 0 Å². The van der Waals surface area contributed by atoms with Crippen LogP contribution in [0.15, 0.2) is 59.9 Å². The van der Waals surface area contributed by atoms with E-state index in [1.165, 1.54) is 5.56 Å². The van der Waals surface area contributed by atoms with E-state index in [4.69, 9.17) is 21.3 Å². The lowest BCUT2D eigenvalue weighted by Crippen LogP contribution is -2.38. The molecule has 0 aromatic carbocycles. The third kappa shape index (κ3) is 5.41. The number of hydrogen-bond donors (Lipinski definition) is 0. The molecule has 1 atom stereocenters. The van der Waals surface area contributed by atoms with Crippen LogP contribution < -0.4 is 14.7 Å². The molecule has 0 bridgehead atoms. The highest BCUT2D eigenvalue weighted by atomic mass is 35.5. The molecule has 0 radical (unpaired) electrons. The minimum atomic E-state index is 0.0541. The van der Waals surface area contributed by atoms with Gasteiger partial charge in [-0.05, 0) is 37.5 Å². The van der Waals surface area contributed by atoms with Crippen molar-refractivity contribution in [2.45, 2.75) is 59.0 Å². The molecule has 0 aliphatic carbocycles. The number of halogens is 1. The Kier molecular flexibility index (Phi) is 7.70. The van der Waals surface area contributed by atoms with Crippen molar-refractivity contribution in [3.63, 3.8) is 0 Å². The van der Waals surface area contributed by atoms with E-state index in [1.807, 2.05) is 54.2 Å². The van der Waals surface area contributed by atoms with E-state index >= 15 is 0 Å². The highest BCUT2D eigenvalue weighted by Crippen LogP contribution is 2.34. The summed E-state index contributed by atoms with van der Waals surface area (Å²) in [5.74, 6) is 2.30. The van der Waals surface area contributed by atoms with Gasteiger partial charge in [-0.25, -0.2) is 15.0 Å². The molecular formula is C29H35ClN6O2. The number of allylic oxidation sites excluding steroid dienone is 2. The molecule has 0 saturated carbocycles. The topological polar surface area (TPSA) is 74.7 Å². The molecule has 5 heterocycles. The second-order valence-corrected chi connectivity index (χ2v) is 10.7. The van der Waals surface area contributed by atoms with E-state index in [9.17, 15) is 4.79 Å². The van der Waals surface area contributed by atoms with E-state index < -0.39 is 0 Å². The highest BCUT2D eigenvalue weighted by molar-refractivity contribution is 6.32. The van der Waals surface area contributed by atoms with Crippen LogP contribution in [0.2, 0.25) is 0 Å². The standard InChI is InChI=1S/C29H35ClN6O2/c1-5-6-22-16-31-29(32-17-22)34-12-10-23(11-13-34)38-26-15-20(3)36(18-24(26)30)27-8-7-25(21(4)33-27)35-14-9-19(2)28(35)37/h7-8,15-19,23H,3,5-6,9-14H2,1-2,4H3. The Labute approximate surface area is 229 Å². The molecule has 2 fully saturated rings. The summed E-state index contributed by atoms with van der Waals surface area (Å²) in [6.07, 6.45) is 12.2. The van der Waals surface area contributed by atoms with Crippen molar-refractivity contribution in [2.75, 3.05) is 34.3 Å². The number of pyridine rings is 1. The van der Waals surface area contributed by atoms with Crippen molar-refractivity contribution in [1.82, 2.24) is 15.0 Å². The molecule has 8 nitrogen and oxygen atoms in total. The molecule has 1 unspecified atom stereocenters. The van der Waals surface area contributed by atoms with Crippen molar-refractivity contribution >= 4 is 35.0 Å². The summed E-state index contributed by atoms with van der Waals surface area (Å²) in [5.41, 5.74) is 3.54. The minimum Gasteiger partial charge on any atom is -0.489 e. The van der Waals surface area contributed by atoms with Crippen LogP contribution in [-0.4, -0.2) is 46.6 Å². The van der Waals surface area contributed by atoms with Gasteiger partial charge in [0, 0.05) is 68.8 Å². The molecule has 2 aromatic rings. The maximum absolute atomic E-state index is 12.5. The summed E-state index contributed by atoms with van der Waals surface area (Å²) < 4.78 is 6.31. The number of rotatable bonds is 7. The monoisotopic (exact) mass is 534 g/mol. The van der Waals surface area contributed by atoms with Crippen molar-refractivity contribution in [3.05, 3.63) is 71.1 Å². The molecule has 2 aromatic heterocycles. The van der Waals surface area contributed by atoms with E-state index in [0.29, 0.717) is 22.3 Å². The zero-order chi connectivity index (χ0) is 26.8. The fourth-order valence-corrected chi connectivity index (χ4v) is 5.35. The predicted molar refractivity (Wildman–Crippen MR) is 151 cm³/mol. The number of nitrogens with zero attached hydrogens (tertiary/aromatic N) is 6. The van der Waals surface area contributed by atoms with Gasteiger partial charge in [0.1, 0.15) is 17.7 Å². The maximum atomic E-state index is 12.5. The van der Waals surface area contributed by atoms with Crippen LogP contribution in [0, 0.1) is 12.8 Å². The van der Waals surface area contributed by atoms with Crippen LogP contribution in [0.4, 0.5) is 17.5 Å². The third-order valence-corrected chi connectivity index (χ3v) is 7.67. The smallest absolute Gasteiger partial charge is 0.229 e. The van der Waals surface area contributed by atoms with Crippen molar-refractivity contribution in [3.8, 4) is 0 Å². The molecule has 38 heavy (non-hydrogen) atoms. The molecule has 5 rings (SSSR count). The first kappa shape index (κ1) is 26.2. The average Bonchev–Trinajstić information content (AvgIpc) is 3.24. The van der Waals surface area contributed by atoms with Gasteiger partial charge in [-0.2, -0.15) is 0 Å². The normalized spacial score (nSPS) is 20.6. The summed E-state index contributed by atoms with van der Waals surface area (Å²) in [6.45, 7) is 12.6. The Morgan fingerprint density at radius 2 is 1.87 bits per heavy atom. The zero-order valence-electron chi connectivity index (χ0n) is 22.4. The number of amides is 1. The van der Waals surface area contributed by atoms with Gasteiger partial charge < -0.3 is 19.4 Å². The predicted octanol–water partition coefficient (Wildman–Crippen LogP) is 5.49. The molecule has 9 heteroatoms. The Hall–Kier alpha value is -3.39. The van der Waals surface area contributed by atoms with Crippen LogP contribution in [0.25, 0.3) is 0 Å². The SMILES string of the molecule is C=C1C=C(OC2CCN(c3ncc(CCC)cn3)CC2)C(Cl)=CN1c1ccc(N2CCC(C)C2=O)c(C)n1. The number of aromatic nitrogens is 3. The maximum Gasteiger partial charge on any atom is 0.229 e. The van der Waals surface area contributed by atoms with E-state index in [2.05, 4.69) is 28.4 Å². The average molecular weight is 535 g/mol. The highest BCUT2D eigenvalue weighted by Gasteiger charge is 2.31. The van der Waals surface area contributed by atoms with Crippen molar-refractivity contribution < 1.29 is 9.53 Å². The van der Waals surface area contributed by atoms with E-state index in [0.717, 1.165) is 69.1 Å². The van der Waals surface area contributed by atoms with E-state index in [-0.39, 0.29) is 17.9 Å². The lowest BCUT2D eigenvalue weighted by atomic mass is 10.1. The van der Waals surface area contributed by atoms with Gasteiger partial charge in [-0.3, -0.25) is 4.79 Å². The first-order valence-electron chi connectivity index (χ1n) is 13.4. The Balaban J connectivity index is 1.20. The van der Waals surface area contributed by atoms with Crippen LogP contribution in [0.1, 0.15) is 50.8 Å². The fraction of sp³-hybridized carbons (Fsp3) is 0.448. The summed E-state index contributed by atoms with van der Waals surface area (Å²) in [5, 5.41) is 0.502. The second-order valence-electron chi connectivity index (χ2n) is 10.2. The summed E-state index contributed by atoms with van der Waals surface area (Å²) in [7, 11) is 0. The van der Waals surface area contributed by atoms with Crippen LogP contribution in [-0.2, 0) is 16.0 Å².